The second-order valence-corrected chi connectivity index (χ2v) is 7.07. The van der Waals surface area contributed by atoms with Crippen molar-refractivity contribution >= 4 is 23.3 Å². The predicted molar refractivity (Wildman–Crippen MR) is 82.6 cm³/mol. The molecular weight excluding hydrogens is 288 g/mol. The quantitative estimate of drug-likeness (QED) is 0.801. The van der Waals surface area contributed by atoms with Gasteiger partial charge in [-0.15, -0.1) is 0 Å². The highest BCUT2D eigenvalue weighted by Crippen LogP contribution is 2.18. The Labute approximate surface area is 129 Å². The van der Waals surface area contributed by atoms with E-state index in [1.807, 2.05) is 44.5 Å². The SMILES string of the molecule is C[C@H]1CN(C(=O)c2ccsc2)CCN1C(=O)OC(C)(C)C. The van der Waals surface area contributed by atoms with Gasteiger partial charge in [0.1, 0.15) is 5.60 Å². The van der Waals surface area contributed by atoms with Crippen LogP contribution in [0.5, 0.6) is 0 Å². The molecule has 6 heteroatoms. The van der Waals surface area contributed by atoms with E-state index < -0.39 is 5.60 Å². The molecule has 0 N–H and O–H groups in total. The molecule has 1 aliphatic heterocycles. The molecule has 1 atom stereocenters. The maximum atomic E-state index is 12.3. The Balaban J connectivity index is 1.96. The number of nitrogens with zero attached hydrogens (tertiary/aromatic N) is 2. The van der Waals surface area contributed by atoms with Gasteiger partial charge in [-0.05, 0) is 39.1 Å². The molecule has 116 valence electrons. The number of rotatable bonds is 1. The van der Waals surface area contributed by atoms with Gasteiger partial charge in [0.15, 0.2) is 0 Å². The molecule has 2 amide bonds. The van der Waals surface area contributed by atoms with Gasteiger partial charge in [-0.3, -0.25) is 4.79 Å². The number of thiophene rings is 1. The first-order chi connectivity index (χ1) is 9.78. The summed E-state index contributed by atoms with van der Waals surface area (Å²) in [7, 11) is 0. The van der Waals surface area contributed by atoms with Crippen LogP contribution in [0.4, 0.5) is 4.79 Å². The number of hydrogen-bond acceptors (Lipinski definition) is 4. The molecule has 1 aliphatic rings. The molecule has 1 saturated heterocycles. The summed E-state index contributed by atoms with van der Waals surface area (Å²) in [5.74, 6) is 0.0342. The predicted octanol–water partition coefficient (Wildman–Crippen LogP) is 2.83. The summed E-state index contributed by atoms with van der Waals surface area (Å²) < 4.78 is 5.40. The largest absolute Gasteiger partial charge is 0.444 e. The lowest BCUT2D eigenvalue weighted by Crippen LogP contribution is -2.56. The highest BCUT2D eigenvalue weighted by molar-refractivity contribution is 7.08. The molecule has 1 aromatic heterocycles. The Morgan fingerprint density at radius 3 is 2.57 bits per heavy atom. The standard InChI is InChI=1S/C15H22N2O3S/c1-11-9-16(13(18)12-5-8-21-10-12)6-7-17(11)14(19)20-15(2,3)4/h5,8,10-11H,6-7,9H2,1-4H3/t11-/m0/s1. The Hall–Kier alpha value is -1.56. The highest BCUT2D eigenvalue weighted by Gasteiger charge is 2.32. The molecule has 2 heterocycles. The minimum Gasteiger partial charge on any atom is -0.444 e. The van der Waals surface area contributed by atoms with Crippen LogP contribution >= 0.6 is 11.3 Å². The lowest BCUT2D eigenvalue weighted by atomic mass is 10.1. The van der Waals surface area contributed by atoms with E-state index in [0.29, 0.717) is 19.6 Å². The van der Waals surface area contributed by atoms with Crippen LogP contribution in [0.1, 0.15) is 38.1 Å². The van der Waals surface area contributed by atoms with Crippen LogP contribution in [0.25, 0.3) is 0 Å². The smallest absolute Gasteiger partial charge is 0.410 e. The molecule has 5 nitrogen and oxygen atoms in total. The molecular formula is C15H22N2O3S. The average molecular weight is 310 g/mol. The van der Waals surface area contributed by atoms with Crippen molar-refractivity contribution in [2.75, 3.05) is 19.6 Å². The van der Waals surface area contributed by atoms with E-state index in [1.54, 1.807) is 9.80 Å². The van der Waals surface area contributed by atoms with Gasteiger partial charge in [0.05, 0.1) is 5.56 Å². The Kier molecular flexibility index (Phi) is 4.56. The normalized spacial score (nSPS) is 19.5. The third-order valence-corrected chi connectivity index (χ3v) is 3.99. The average Bonchev–Trinajstić information content (AvgIpc) is 2.89. The summed E-state index contributed by atoms with van der Waals surface area (Å²) >= 11 is 1.51. The van der Waals surface area contributed by atoms with Gasteiger partial charge in [-0.2, -0.15) is 11.3 Å². The number of amides is 2. The van der Waals surface area contributed by atoms with Gasteiger partial charge >= 0.3 is 6.09 Å². The fourth-order valence-corrected chi connectivity index (χ4v) is 2.93. The van der Waals surface area contributed by atoms with Crippen LogP contribution in [0.3, 0.4) is 0 Å². The monoisotopic (exact) mass is 310 g/mol. The van der Waals surface area contributed by atoms with Gasteiger partial charge in [-0.1, -0.05) is 0 Å². The second-order valence-electron chi connectivity index (χ2n) is 6.29. The fourth-order valence-electron chi connectivity index (χ4n) is 2.30. The van der Waals surface area contributed by atoms with E-state index in [4.69, 9.17) is 4.74 Å². The summed E-state index contributed by atoms with van der Waals surface area (Å²) in [6.07, 6.45) is -0.308. The molecule has 0 aliphatic carbocycles. The van der Waals surface area contributed by atoms with Crippen LogP contribution in [0, 0.1) is 0 Å². The molecule has 0 saturated carbocycles. The van der Waals surface area contributed by atoms with Crippen molar-refractivity contribution < 1.29 is 14.3 Å². The van der Waals surface area contributed by atoms with Gasteiger partial charge in [0.2, 0.25) is 0 Å². The Morgan fingerprint density at radius 2 is 2.05 bits per heavy atom. The van der Waals surface area contributed by atoms with Crippen molar-refractivity contribution in [2.45, 2.75) is 39.3 Å². The number of carbonyl (C=O) groups is 2. The summed E-state index contributed by atoms with van der Waals surface area (Å²) in [5.41, 5.74) is 0.221. The van der Waals surface area contributed by atoms with Crippen LogP contribution in [-0.4, -0.2) is 53.1 Å². The Morgan fingerprint density at radius 1 is 1.33 bits per heavy atom. The molecule has 0 spiro atoms. The minimum atomic E-state index is -0.500. The van der Waals surface area contributed by atoms with Gasteiger partial charge < -0.3 is 14.5 Å². The van der Waals surface area contributed by atoms with E-state index in [9.17, 15) is 9.59 Å². The number of hydrogen-bond donors (Lipinski definition) is 0. The van der Waals surface area contributed by atoms with E-state index in [1.165, 1.54) is 11.3 Å². The third kappa shape index (κ3) is 3.97. The molecule has 2 rings (SSSR count). The lowest BCUT2D eigenvalue weighted by Gasteiger charge is -2.40. The maximum absolute atomic E-state index is 12.3. The van der Waals surface area contributed by atoms with E-state index in [2.05, 4.69) is 0 Å². The molecule has 1 fully saturated rings. The fraction of sp³-hybridized carbons (Fsp3) is 0.600. The molecule has 21 heavy (non-hydrogen) atoms. The molecule has 0 aromatic carbocycles. The van der Waals surface area contributed by atoms with Crippen LogP contribution in [-0.2, 0) is 4.74 Å². The van der Waals surface area contributed by atoms with Crippen LogP contribution in [0.15, 0.2) is 16.8 Å². The van der Waals surface area contributed by atoms with Crippen molar-refractivity contribution in [1.29, 1.82) is 0 Å². The van der Waals surface area contributed by atoms with Crippen LogP contribution < -0.4 is 0 Å². The third-order valence-electron chi connectivity index (χ3n) is 3.31. The summed E-state index contributed by atoms with van der Waals surface area (Å²) in [6, 6.07) is 1.79. The van der Waals surface area contributed by atoms with Crippen LogP contribution in [0.2, 0.25) is 0 Å². The molecule has 1 aromatic rings. The molecule has 0 bridgehead atoms. The lowest BCUT2D eigenvalue weighted by molar-refractivity contribution is 0.00199. The second kappa shape index (κ2) is 6.05. The summed E-state index contributed by atoms with van der Waals surface area (Å²) in [4.78, 5) is 27.9. The summed E-state index contributed by atoms with van der Waals surface area (Å²) in [6.45, 7) is 9.08. The van der Waals surface area contributed by atoms with E-state index in [0.717, 1.165) is 5.56 Å². The molecule has 0 unspecified atom stereocenters. The highest BCUT2D eigenvalue weighted by atomic mass is 32.1. The maximum Gasteiger partial charge on any atom is 0.410 e. The van der Waals surface area contributed by atoms with Crippen molar-refractivity contribution in [3.63, 3.8) is 0 Å². The van der Waals surface area contributed by atoms with Crippen molar-refractivity contribution in [1.82, 2.24) is 9.80 Å². The first-order valence-electron chi connectivity index (χ1n) is 7.09. The van der Waals surface area contributed by atoms with E-state index >= 15 is 0 Å². The van der Waals surface area contributed by atoms with Gasteiger partial charge in [0, 0.05) is 31.1 Å². The zero-order valence-electron chi connectivity index (χ0n) is 13.0. The minimum absolute atomic E-state index is 0.0342. The topological polar surface area (TPSA) is 49.9 Å². The first kappa shape index (κ1) is 15.8. The number of carbonyl (C=O) groups excluding carboxylic acids is 2. The summed E-state index contributed by atoms with van der Waals surface area (Å²) in [5, 5.41) is 3.75. The van der Waals surface area contributed by atoms with Crippen molar-refractivity contribution in [3.8, 4) is 0 Å². The van der Waals surface area contributed by atoms with E-state index in [-0.39, 0.29) is 18.0 Å². The van der Waals surface area contributed by atoms with Crippen molar-refractivity contribution in [3.05, 3.63) is 22.4 Å². The van der Waals surface area contributed by atoms with Gasteiger partial charge in [0.25, 0.3) is 5.91 Å². The zero-order valence-corrected chi connectivity index (χ0v) is 13.8. The molecule has 0 radical (unpaired) electrons. The van der Waals surface area contributed by atoms with Gasteiger partial charge in [-0.25, -0.2) is 4.79 Å². The first-order valence-corrected chi connectivity index (χ1v) is 8.03. The Bertz CT molecular complexity index is 507. The zero-order chi connectivity index (χ0) is 15.6. The number of piperazine rings is 1. The number of ether oxygens (including phenoxy) is 1. The van der Waals surface area contributed by atoms with Crippen molar-refractivity contribution in [2.24, 2.45) is 0 Å².